The molecule has 2 fully saturated rings. The summed E-state index contributed by atoms with van der Waals surface area (Å²) < 4.78 is 5.37. The van der Waals surface area contributed by atoms with Crippen molar-refractivity contribution >= 4 is 5.91 Å². The number of ether oxygens (including phenoxy) is 1. The van der Waals surface area contributed by atoms with Crippen LogP contribution in [0.3, 0.4) is 0 Å². The van der Waals surface area contributed by atoms with E-state index in [2.05, 4.69) is 6.58 Å². The zero-order valence-electron chi connectivity index (χ0n) is 8.45. The van der Waals surface area contributed by atoms with E-state index in [1.54, 1.807) is 0 Å². The smallest absolute Gasteiger partial charge is 0.245 e. The highest BCUT2D eigenvalue weighted by atomic mass is 16.5. The van der Waals surface area contributed by atoms with Crippen LogP contribution in [-0.2, 0) is 9.53 Å². The van der Waals surface area contributed by atoms with Gasteiger partial charge in [-0.2, -0.15) is 0 Å². The summed E-state index contributed by atoms with van der Waals surface area (Å²) in [6.07, 6.45) is 3.71. The maximum absolute atomic E-state index is 11.4. The molecule has 0 N–H and O–H groups in total. The van der Waals surface area contributed by atoms with Crippen molar-refractivity contribution in [2.75, 3.05) is 26.3 Å². The predicted molar refractivity (Wildman–Crippen MR) is 53.8 cm³/mol. The van der Waals surface area contributed by atoms with Crippen LogP contribution in [0.5, 0.6) is 0 Å². The SMILES string of the molecule is C=CC(=O)N1CCC(C2CCOC2)C1. The molecule has 14 heavy (non-hydrogen) atoms. The molecule has 2 atom stereocenters. The summed E-state index contributed by atoms with van der Waals surface area (Å²) in [7, 11) is 0. The van der Waals surface area contributed by atoms with Gasteiger partial charge in [0.15, 0.2) is 0 Å². The van der Waals surface area contributed by atoms with Crippen LogP contribution in [0.1, 0.15) is 12.8 Å². The topological polar surface area (TPSA) is 29.5 Å². The summed E-state index contributed by atoms with van der Waals surface area (Å²) in [5.41, 5.74) is 0. The third kappa shape index (κ3) is 1.82. The quantitative estimate of drug-likeness (QED) is 0.616. The first-order chi connectivity index (χ1) is 6.81. The number of hydrogen-bond donors (Lipinski definition) is 0. The van der Waals surface area contributed by atoms with E-state index in [4.69, 9.17) is 4.74 Å². The molecule has 78 valence electrons. The van der Waals surface area contributed by atoms with E-state index < -0.39 is 0 Å². The zero-order chi connectivity index (χ0) is 9.97. The lowest BCUT2D eigenvalue weighted by atomic mass is 9.91. The van der Waals surface area contributed by atoms with E-state index >= 15 is 0 Å². The van der Waals surface area contributed by atoms with Crippen LogP contribution in [-0.4, -0.2) is 37.1 Å². The molecule has 0 saturated carbocycles. The highest BCUT2D eigenvalue weighted by Crippen LogP contribution is 2.29. The Labute approximate surface area is 84.7 Å². The molecule has 2 heterocycles. The van der Waals surface area contributed by atoms with Gasteiger partial charge in [0.1, 0.15) is 0 Å². The molecule has 0 spiro atoms. The van der Waals surface area contributed by atoms with E-state index in [1.165, 1.54) is 12.5 Å². The maximum Gasteiger partial charge on any atom is 0.245 e. The van der Waals surface area contributed by atoms with Gasteiger partial charge in [-0.3, -0.25) is 4.79 Å². The number of rotatable bonds is 2. The Morgan fingerprint density at radius 1 is 1.43 bits per heavy atom. The van der Waals surface area contributed by atoms with Crippen molar-refractivity contribution in [1.82, 2.24) is 4.90 Å². The summed E-state index contributed by atoms with van der Waals surface area (Å²) in [5.74, 6) is 1.41. The Bertz CT molecular complexity index is 233. The maximum atomic E-state index is 11.4. The molecule has 3 heteroatoms. The van der Waals surface area contributed by atoms with E-state index in [0.29, 0.717) is 11.8 Å². The van der Waals surface area contributed by atoms with Gasteiger partial charge >= 0.3 is 0 Å². The lowest BCUT2D eigenvalue weighted by molar-refractivity contribution is -0.125. The molecule has 3 nitrogen and oxygen atoms in total. The number of carbonyl (C=O) groups is 1. The van der Waals surface area contributed by atoms with Gasteiger partial charge in [0.25, 0.3) is 0 Å². The lowest BCUT2D eigenvalue weighted by Crippen LogP contribution is -2.28. The second-order valence-electron chi connectivity index (χ2n) is 4.16. The molecule has 1 amide bonds. The van der Waals surface area contributed by atoms with E-state index in [9.17, 15) is 4.79 Å². The Hall–Kier alpha value is -0.830. The van der Waals surface area contributed by atoms with Crippen LogP contribution in [0.25, 0.3) is 0 Å². The van der Waals surface area contributed by atoms with Crippen molar-refractivity contribution in [2.24, 2.45) is 11.8 Å². The Morgan fingerprint density at radius 2 is 2.29 bits per heavy atom. The van der Waals surface area contributed by atoms with Crippen LogP contribution >= 0.6 is 0 Å². The molecule has 2 aliphatic heterocycles. The fraction of sp³-hybridized carbons (Fsp3) is 0.727. The highest BCUT2D eigenvalue weighted by Gasteiger charge is 2.32. The van der Waals surface area contributed by atoms with Crippen LogP contribution in [0.4, 0.5) is 0 Å². The standard InChI is InChI=1S/C11H17NO2/c1-2-11(13)12-5-3-9(7-12)10-4-6-14-8-10/h2,9-10H,1,3-8H2. The molecule has 0 radical (unpaired) electrons. The lowest BCUT2D eigenvalue weighted by Gasteiger charge is -2.17. The summed E-state index contributed by atoms with van der Waals surface area (Å²) in [6, 6.07) is 0. The molecule has 2 rings (SSSR count). The molecule has 0 aromatic carbocycles. The number of likely N-dealkylation sites (tertiary alicyclic amines) is 1. The largest absolute Gasteiger partial charge is 0.381 e. The number of nitrogens with zero attached hydrogens (tertiary/aromatic N) is 1. The molecule has 2 saturated heterocycles. The summed E-state index contributed by atoms with van der Waals surface area (Å²) >= 11 is 0. The van der Waals surface area contributed by atoms with Gasteiger partial charge < -0.3 is 9.64 Å². The average Bonchev–Trinajstić information content (AvgIpc) is 2.86. The number of carbonyl (C=O) groups excluding carboxylic acids is 1. The predicted octanol–water partition coefficient (Wildman–Crippen LogP) is 1.06. The molecular weight excluding hydrogens is 178 g/mol. The molecule has 0 aromatic rings. The minimum absolute atomic E-state index is 0.0754. The average molecular weight is 195 g/mol. The number of amides is 1. The van der Waals surface area contributed by atoms with Gasteiger partial charge in [-0.05, 0) is 30.8 Å². The van der Waals surface area contributed by atoms with Crippen molar-refractivity contribution < 1.29 is 9.53 Å². The van der Waals surface area contributed by atoms with E-state index in [1.807, 2.05) is 4.90 Å². The molecule has 0 aliphatic carbocycles. The van der Waals surface area contributed by atoms with Gasteiger partial charge in [-0.25, -0.2) is 0 Å². The zero-order valence-corrected chi connectivity index (χ0v) is 8.45. The second-order valence-corrected chi connectivity index (χ2v) is 4.16. The summed E-state index contributed by atoms with van der Waals surface area (Å²) in [4.78, 5) is 13.2. The fourth-order valence-electron chi connectivity index (χ4n) is 2.43. The first kappa shape index (κ1) is 9.71. The van der Waals surface area contributed by atoms with E-state index in [0.717, 1.165) is 32.7 Å². The van der Waals surface area contributed by atoms with Gasteiger partial charge in [-0.1, -0.05) is 6.58 Å². The molecule has 0 aromatic heterocycles. The Balaban J connectivity index is 1.87. The van der Waals surface area contributed by atoms with E-state index in [-0.39, 0.29) is 5.91 Å². The molecule has 2 aliphatic rings. The minimum Gasteiger partial charge on any atom is -0.381 e. The Morgan fingerprint density at radius 3 is 2.93 bits per heavy atom. The van der Waals surface area contributed by atoms with Gasteiger partial charge in [0.2, 0.25) is 5.91 Å². The monoisotopic (exact) mass is 195 g/mol. The van der Waals surface area contributed by atoms with Crippen LogP contribution in [0.15, 0.2) is 12.7 Å². The van der Waals surface area contributed by atoms with Crippen molar-refractivity contribution in [2.45, 2.75) is 12.8 Å². The van der Waals surface area contributed by atoms with Crippen molar-refractivity contribution in [3.05, 3.63) is 12.7 Å². The van der Waals surface area contributed by atoms with Gasteiger partial charge in [0, 0.05) is 26.3 Å². The van der Waals surface area contributed by atoms with Gasteiger partial charge in [0.05, 0.1) is 0 Å². The summed E-state index contributed by atoms with van der Waals surface area (Å²) in [5, 5.41) is 0. The third-order valence-electron chi connectivity index (χ3n) is 3.34. The second kappa shape index (κ2) is 4.13. The highest BCUT2D eigenvalue weighted by molar-refractivity contribution is 5.87. The molecular formula is C11H17NO2. The first-order valence-corrected chi connectivity index (χ1v) is 5.30. The third-order valence-corrected chi connectivity index (χ3v) is 3.34. The molecule has 0 bridgehead atoms. The Kier molecular flexibility index (Phi) is 2.87. The van der Waals surface area contributed by atoms with Crippen molar-refractivity contribution in [3.63, 3.8) is 0 Å². The van der Waals surface area contributed by atoms with Crippen molar-refractivity contribution in [1.29, 1.82) is 0 Å². The minimum atomic E-state index is 0.0754. The van der Waals surface area contributed by atoms with Crippen molar-refractivity contribution in [3.8, 4) is 0 Å². The number of hydrogen-bond acceptors (Lipinski definition) is 2. The van der Waals surface area contributed by atoms with Crippen LogP contribution < -0.4 is 0 Å². The summed E-state index contributed by atoms with van der Waals surface area (Å²) in [6.45, 7) is 7.10. The van der Waals surface area contributed by atoms with Crippen LogP contribution in [0, 0.1) is 11.8 Å². The molecule has 2 unspecified atom stereocenters. The van der Waals surface area contributed by atoms with Gasteiger partial charge in [-0.15, -0.1) is 0 Å². The first-order valence-electron chi connectivity index (χ1n) is 5.30. The van der Waals surface area contributed by atoms with Crippen LogP contribution in [0.2, 0.25) is 0 Å². The normalized spacial score (nSPS) is 32.1. The fourth-order valence-corrected chi connectivity index (χ4v) is 2.43.